The average molecular weight is 292 g/mol. The van der Waals surface area contributed by atoms with Gasteiger partial charge in [0, 0.05) is 7.05 Å². The summed E-state index contributed by atoms with van der Waals surface area (Å²) in [5, 5.41) is 4.04. The molecule has 0 unspecified atom stereocenters. The van der Waals surface area contributed by atoms with Crippen molar-refractivity contribution in [1.82, 2.24) is 9.78 Å². The van der Waals surface area contributed by atoms with Crippen LogP contribution in [0.3, 0.4) is 0 Å². The number of carbonyl (C=O) groups is 1. The van der Waals surface area contributed by atoms with E-state index in [-0.39, 0.29) is 12.4 Å². The number of nitrogens with zero attached hydrogens (tertiary/aromatic N) is 2. The summed E-state index contributed by atoms with van der Waals surface area (Å²) in [6, 6.07) is 4.29. The number of aryl methyl sites for hydroxylation is 2. The fourth-order valence-corrected chi connectivity index (χ4v) is 1.93. The Labute approximate surface area is 122 Å². The van der Waals surface area contributed by atoms with Crippen molar-refractivity contribution in [3.63, 3.8) is 0 Å². The number of esters is 1. The second-order valence-electron chi connectivity index (χ2n) is 4.55. The molecule has 112 valence electrons. The van der Waals surface area contributed by atoms with Gasteiger partial charge in [0.25, 0.3) is 0 Å². The normalized spacial score (nSPS) is 10.5. The lowest BCUT2D eigenvalue weighted by atomic mass is 10.2. The summed E-state index contributed by atoms with van der Waals surface area (Å²) in [5.74, 6) is -0.181. The Morgan fingerprint density at radius 1 is 1.43 bits per heavy atom. The summed E-state index contributed by atoms with van der Waals surface area (Å²) in [7, 11) is 1.72. The topological polar surface area (TPSA) is 53.3 Å². The summed E-state index contributed by atoms with van der Waals surface area (Å²) in [6.07, 6.45) is 1.45. The van der Waals surface area contributed by atoms with Gasteiger partial charge in [0.05, 0.1) is 18.5 Å². The molecule has 0 saturated heterocycles. The van der Waals surface area contributed by atoms with E-state index >= 15 is 0 Å². The van der Waals surface area contributed by atoms with E-state index in [0.29, 0.717) is 29.2 Å². The molecular formula is C15H17FN2O3. The third kappa shape index (κ3) is 3.39. The Balaban J connectivity index is 2.16. The minimum Gasteiger partial charge on any atom is -0.487 e. The molecule has 0 aliphatic rings. The zero-order chi connectivity index (χ0) is 15.4. The third-order valence-electron chi connectivity index (χ3n) is 3.06. The summed E-state index contributed by atoms with van der Waals surface area (Å²) in [6.45, 7) is 3.95. The van der Waals surface area contributed by atoms with Crippen LogP contribution in [-0.2, 0) is 18.4 Å². The molecule has 2 aromatic rings. The lowest BCUT2D eigenvalue weighted by Crippen LogP contribution is -2.11. The van der Waals surface area contributed by atoms with Gasteiger partial charge in [0.2, 0.25) is 0 Å². The Hall–Kier alpha value is -2.37. The van der Waals surface area contributed by atoms with Gasteiger partial charge in [0.15, 0.2) is 0 Å². The maximum atomic E-state index is 13.0. The van der Waals surface area contributed by atoms with Crippen LogP contribution in [0.1, 0.15) is 28.5 Å². The first-order valence-corrected chi connectivity index (χ1v) is 6.60. The van der Waals surface area contributed by atoms with Gasteiger partial charge in [-0.2, -0.15) is 5.10 Å². The predicted molar refractivity (Wildman–Crippen MR) is 74.6 cm³/mol. The van der Waals surface area contributed by atoms with Crippen LogP contribution in [0, 0.1) is 12.7 Å². The molecule has 0 N–H and O–H groups in total. The Kier molecular flexibility index (Phi) is 4.57. The maximum absolute atomic E-state index is 13.0. The highest BCUT2D eigenvalue weighted by Crippen LogP contribution is 2.20. The van der Waals surface area contributed by atoms with Crippen molar-refractivity contribution < 1.29 is 18.7 Å². The van der Waals surface area contributed by atoms with Gasteiger partial charge in [0.1, 0.15) is 23.7 Å². The SMILES string of the molecule is CCOC(=O)c1cnn(C)c1COc1ccc(F)cc1C. The summed E-state index contributed by atoms with van der Waals surface area (Å²) < 4.78 is 25.2. The van der Waals surface area contributed by atoms with Gasteiger partial charge in [-0.3, -0.25) is 4.68 Å². The molecule has 0 aliphatic heterocycles. The van der Waals surface area contributed by atoms with Crippen molar-refractivity contribution in [2.24, 2.45) is 7.05 Å². The molecule has 1 heterocycles. The molecule has 0 aliphatic carbocycles. The number of carbonyl (C=O) groups excluding carboxylic acids is 1. The number of ether oxygens (including phenoxy) is 2. The van der Waals surface area contributed by atoms with E-state index in [9.17, 15) is 9.18 Å². The Morgan fingerprint density at radius 3 is 2.86 bits per heavy atom. The number of hydrogen-bond acceptors (Lipinski definition) is 4. The summed E-state index contributed by atoms with van der Waals surface area (Å²) in [5.41, 5.74) is 1.67. The highest BCUT2D eigenvalue weighted by atomic mass is 19.1. The summed E-state index contributed by atoms with van der Waals surface area (Å²) in [4.78, 5) is 11.8. The van der Waals surface area contributed by atoms with Crippen LogP contribution in [0.2, 0.25) is 0 Å². The molecule has 2 rings (SSSR count). The van der Waals surface area contributed by atoms with Crippen LogP contribution < -0.4 is 4.74 Å². The van der Waals surface area contributed by atoms with E-state index in [1.807, 2.05) is 0 Å². The van der Waals surface area contributed by atoms with Gasteiger partial charge in [-0.1, -0.05) is 0 Å². The van der Waals surface area contributed by atoms with Crippen molar-refractivity contribution in [3.05, 3.63) is 47.0 Å². The molecule has 5 nitrogen and oxygen atoms in total. The van der Waals surface area contributed by atoms with Crippen LogP contribution in [0.25, 0.3) is 0 Å². The molecule has 0 fully saturated rings. The number of halogens is 1. The van der Waals surface area contributed by atoms with Crippen LogP contribution in [0.15, 0.2) is 24.4 Å². The highest BCUT2D eigenvalue weighted by Gasteiger charge is 2.17. The van der Waals surface area contributed by atoms with E-state index in [1.54, 1.807) is 31.6 Å². The van der Waals surface area contributed by atoms with E-state index in [4.69, 9.17) is 9.47 Å². The second-order valence-corrected chi connectivity index (χ2v) is 4.55. The average Bonchev–Trinajstić information content (AvgIpc) is 2.79. The highest BCUT2D eigenvalue weighted by molar-refractivity contribution is 5.90. The third-order valence-corrected chi connectivity index (χ3v) is 3.06. The molecular weight excluding hydrogens is 275 g/mol. The molecule has 1 aromatic carbocycles. The Morgan fingerprint density at radius 2 is 2.19 bits per heavy atom. The van der Waals surface area contributed by atoms with Crippen molar-refractivity contribution >= 4 is 5.97 Å². The molecule has 6 heteroatoms. The zero-order valence-corrected chi connectivity index (χ0v) is 12.2. The smallest absolute Gasteiger partial charge is 0.341 e. The molecule has 0 amide bonds. The summed E-state index contributed by atoms with van der Waals surface area (Å²) >= 11 is 0. The van der Waals surface area contributed by atoms with E-state index < -0.39 is 5.97 Å². The van der Waals surface area contributed by atoms with Gasteiger partial charge in [-0.25, -0.2) is 9.18 Å². The van der Waals surface area contributed by atoms with Gasteiger partial charge in [-0.15, -0.1) is 0 Å². The van der Waals surface area contributed by atoms with E-state index in [0.717, 1.165) is 0 Å². The fourth-order valence-electron chi connectivity index (χ4n) is 1.93. The van der Waals surface area contributed by atoms with E-state index in [1.165, 1.54) is 18.3 Å². The minimum absolute atomic E-state index is 0.150. The Bertz CT molecular complexity index is 652. The molecule has 0 atom stereocenters. The van der Waals surface area contributed by atoms with Crippen LogP contribution in [0.5, 0.6) is 5.75 Å². The molecule has 0 bridgehead atoms. The number of benzene rings is 1. The van der Waals surface area contributed by atoms with Crippen LogP contribution >= 0.6 is 0 Å². The number of hydrogen-bond donors (Lipinski definition) is 0. The molecule has 0 saturated carbocycles. The number of rotatable bonds is 5. The number of aromatic nitrogens is 2. The monoisotopic (exact) mass is 292 g/mol. The molecule has 21 heavy (non-hydrogen) atoms. The van der Waals surface area contributed by atoms with Crippen molar-refractivity contribution in [2.75, 3.05) is 6.61 Å². The van der Waals surface area contributed by atoms with Crippen molar-refractivity contribution in [2.45, 2.75) is 20.5 Å². The second kappa shape index (κ2) is 6.39. The van der Waals surface area contributed by atoms with Gasteiger partial charge >= 0.3 is 5.97 Å². The van der Waals surface area contributed by atoms with Gasteiger partial charge in [-0.05, 0) is 37.6 Å². The van der Waals surface area contributed by atoms with Crippen LogP contribution in [-0.4, -0.2) is 22.4 Å². The maximum Gasteiger partial charge on any atom is 0.341 e. The standard InChI is InChI=1S/C15H17FN2O3/c1-4-20-15(19)12-8-17-18(3)13(12)9-21-14-6-5-11(16)7-10(14)2/h5-8H,4,9H2,1-3H3. The first kappa shape index (κ1) is 15.0. The van der Waals surface area contributed by atoms with Crippen LogP contribution in [0.4, 0.5) is 4.39 Å². The first-order valence-electron chi connectivity index (χ1n) is 6.60. The van der Waals surface area contributed by atoms with E-state index in [2.05, 4.69) is 5.10 Å². The lowest BCUT2D eigenvalue weighted by Gasteiger charge is -2.10. The first-order chi connectivity index (χ1) is 10.0. The molecule has 1 aromatic heterocycles. The minimum atomic E-state index is -0.431. The fraction of sp³-hybridized carbons (Fsp3) is 0.333. The quantitative estimate of drug-likeness (QED) is 0.795. The predicted octanol–water partition coefficient (Wildman–Crippen LogP) is 2.62. The van der Waals surface area contributed by atoms with Crippen molar-refractivity contribution in [3.8, 4) is 5.75 Å². The lowest BCUT2D eigenvalue weighted by molar-refractivity contribution is 0.0523. The molecule has 0 spiro atoms. The van der Waals surface area contributed by atoms with Crippen molar-refractivity contribution in [1.29, 1.82) is 0 Å². The van der Waals surface area contributed by atoms with Gasteiger partial charge < -0.3 is 9.47 Å². The largest absolute Gasteiger partial charge is 0.487 e. The molecule has 0 radical (unpaired) electrons. The zero-order valence-electron chi connectivity index (χ0n) is 12.2.